The first-order valence-corrected chi connectivity index (χ1v) is 12.3. The lowest BCUT2D eigenvalue weighted by molar-refractivity contribution is -0.127. The highest BCUT2D eigenvalue weighted by atomic mass is 127. The zero-order valence-corrected chi connectivity index (χ0v) is 23.5. The van der Waals surface area contributed by atoms with Crippen molar-refractivity contribution in [3.63, 3.8) is 0 Å². The number of carbonyl (C=O) groups is 1. The number of hydrogen-bond acceptors (Lipinski definition) is 3. The fourth-order valence-corrected chi connectivity index (χ4v) is 5.15. The van der Waals surface area contributed by atoms with E-state index in [4.69, 9.17) is 0 Å². The van der Waals surface area contributed by atoms with Crippen LogP contribution in [-0.2, 0) is 11.2 Å². The van der Waals surface area contributed by atoms with Crippen molar-refractivity contribution in [1.82, 2.24) is 20.4 Å². The van der Waals surface area contributed by atoms with Crippen molar-refractivity contribution >= 4 is 35.8 Å². The second kappa shape index (κ2) is 12.9. The van der Waals surface area contributed by atoms with Crippen LogP contribution >= 0.6 is 24.0 Å². The van der Waals surface area contributed by atoms with Gasteiger partial charge in [0, 0.05) is 64.2 Å². The van der Waals surface area contributed by atoms with Gasteiger partial charge < -0.3 is 15.5 Å². The lowest BCUT2D eigenvalue weighted by atomic mass is 9.88. The summed E-state index contributed by atoms with van der Waals surface area (Å²) in [6.07, 6.45) is 2.86. The normalized spacial score (nSPS) is 24.5. The number of likely N-dealkylation sites (tertiary alicyclic amines) is 2. The van der Waals surface area contributed by atoms with Gasteiger partial charge >= 0.3 is 0 Å². The predicted octanol–water partition coefficient (Wildman–Crippen LogP) is 3.62. The molecule has 186 valence electrons. The van der Waals surface area contributed by atoms with Crippen molar-refractivity contribution in [2.75, 3.05) is 46.3 Å². The molecular weight excluding hydrogens is 525 g/mol. The molecule has 1 amide bonds. The number of piperidine rings is 1. The summed E-state index contributed by atoms with van der Waals surface area (Å²) in [4.78, 5) is 21.5. The number of hydrogen-bond donors (Lipinski definition) is 2. The summed E-state index contributed by atoms with van der Waals surface area (Å²) in [5, 5.41) is 6.99. The first kappa shape index (κ1) is 27.9. The van der Waals surface area contributed by atoms with Crippen LogP contribution in [0.5, 0.6) is 0 Å². The molecule has 0 saturated carbocycles. The van der Waals surface area contributed by atoms with Crippen molar-refractivity contribution < 1.29 is 4.79 Å². The van der Waals surface area contributed by atoms with Crippen molar-refractivity contribution in [2.24, 2.45) is 22.7 Å². The summed E-state index contributed by atoms with van der Waals surface area (Å²) in [6, 6.07) is 10.4. The largest absolute Gasteiger partial charge is 0.356 e. The number of rotatable bonds is 8. The fourth-order valence-electron chi connectivity index (χ4n) is 5.15. The lowest BCUT2D eigenvalue weighted by Crippen LogP contribution is -2.57. The monoisotopic (exact) mass is 569 g/mol. The third-order valence-corrected chi connectivity index (χ3v) is 7.00. The molecule has 2 saturated heterocycles. The van der Waals surface area contributed by atoms with Gasteiger partial charge in [0.15, 0.2) is 5.96 Å². The fraction of sp³-hybridized carbons (Fsp3) is 0.692. The molecule has 3 unspecified atom stereocenters. The van der Waals surface area contributed by atoms with Crippen LogP contribution in [0.1, 0.15) is 46.1 Å². The molecule has 1 aromatic rings. The number of guanidine groups is 1. The van der Waals surface area contributed by atoms with Gasteiger partial charge in [0.1, 0.15) is 0 Å². The van der Waals surface area contributed by atoms with Gasteiger partial charge in [0.25, 0.3) is 0 Å². The van der Waals surface area contributed by atoms with Gasteiger partial charge in [-0.25, -0.2) is 0 Å². The number of aliphatic imine (C=N–C) groups is 1. The Morgan fingerprint density at radius 3 is 2.39 bits per heavy atom. The van der Waals surface area contributed by atoms with Crippen LogP contribution in [0.25, 0.3) is 0 Å². The summed E-state index contributed by atoms with van der Waals surface area (Å²) >= 11 is 0. The molecule has 2 N–H and O–H groups in total. The van der Waals surface area contributed by atoms with Crippen LogP contribution in [0.15, 0.2) is 35.3 Å². The van der Waals surface area contributed by atoms with Gasteiger partial charge in [0.05, 0.1) is 0 Å². The molecule has 2 fully saturated rings. The topological polar surface area (TPSA) is 60.0 Å². The standard InChI is InChI=1S/C26H43N5O.HI/c1-20-13-21(2)17-31(16-20)26(3,4)19-29-25(27-5)28-15-23-14-24(32)30(18-23)12-11-22-9-7-6-8-10-22;/h6-10,20-21,23H,11-19H2,1-5H3,(H2,27,28,29);1H. The number of nitrogens with one attached hydrogen (secondary N) is 2. The first-order valence-electron chi connectivity index (χ1n) is 12.3. The quantitative estimate of drug-likeness (QED) is 0.286. The molecule has 6 nitrogen and oxygen atoms in total. The highest BCUT2D eigenvalue weighted by Gasteiger charge is 2.33. The lowest BCUT2D eigenvalue weighted by Gasteiger charge is -2.45. The Bertz CT molecular complexity index is 759. The Hall–Kier alpha value is -1.35. The molecule has 2 aliphatic rings. The van der Waals surface area contributed by atoms with Crippen LogP contribution in [0, 0.1) is 17.8 Å². The van der Waals surface area contributed by atoms with Gasteiger partial charge in [-0.2, -0.15) is 0 Å². The number of halogens is 1. The molecule has 0 aromatic heterocycles. The summed E-state index contributed by atoms with van der Waals surface area (Å²) in [6.45, 7) is 14.9. The molecule has 2 aliphatic heterocycles. The minimum absolute atomic E-state index is 0. The molecule has 33 heavy (non-hydrogen) atoms. The molecule has 1 aromatic carbocycles. The first-order chi connectivity index (χ1) is 15.3. The van der Waals surface area contributed by atoms with Gasteiger partial charge in [0.2, 0.25) is 5.91 Å². The van der Waals surface area contributed by atoms with Gasteiger partial charge in [-0.15, -0.1) is 24.0 Å². The Morgan fingerprint density at radius 2 is 1.76 bits per heavy atom. The van der Waals surface area contributed by atoms with Crippen LogP contribution in [0.2, 0.25) is 0 Å². The molecule has 0 radical (unpaired) electrons. The maximum absolute atomic E-state index is 12.5. The zero-order chi connectivity index (χ0) is 23.1. The Labute approximate surface area is 218 Å². The van der Waals surface area contributed by atoms with Crippen LogP contribution < -0.4 is 10.6 Å². The predicted molar refractivity (Wildman–Crippen MR) is 148 cm³/mol. The van der Waals surface area contributed by atoms with E-state index >= 15 is 0 Å². The second-order valence-electron chi connectivity index (χ2n) is 10.6. The molecule has 3 atom stereocenters. The molecule has 7 heteroatoms. The maximum atomic E-state index is 12.5. The Balaban J connectivity index is 0.00000385. The number of benzene rings is 1. The van der Waals surface area contributed by atoms with E-state index in [0.29, 0.717) is 12.3 Å². The highest BCUT2D eigenvalue weighted by molar-refractivity contribution is 14.0. The number of nitrogens with zero attached hydrogens (tertiary/aromatic N) is 3. The smallest absolute Gasteiger partial charge is 0.223 e. The maximum Gasteiger partial charge on any atom is 0.223 e. The van der Waals surface area contributed by atoms with E-state index in [0.717, 1.165) is 63.5 Å². The third kappa shape index (κ3) is 8.42. The summed E-state index contributed by atoms with van der Waals surface area (Å²) in [5.41, 5.74) is 1.35. The van der Waals surface area contributed by atoms with Crippen LogP contribution in [0.3, 0.4) is 0 Å². The van der Waals surface area contributed by atoms with E-state index in [1.54, 1.807) is 0 Å². The van der Waals surface area contributed by atoms with Gasteiger partial charge in [-0.05, 0) is 44.1 Å². The average Bonchev–Trinajstić information content (AvgIpc) is 3.12. The van der Waals surface area contributed by atoms with E-state index in [1.807, 2.05) is 18.0 Å². The molecule has 0 bridgehead atoms. The SMILES string of the molecule is CN=C(NCC1CC(=O)N(CCc2ccccc2)C1)NCC(C)(C)N1CC(C)CC(C)C1.I. The van der Waals surface area contributed by atoms with Crippen molar-refractivity contribution in [3.8, 4) is 0 Å². The molecule has 2 heterocycles. The highest BCUT2D eigenvalue weighted by Crippen LogP contribution is 2.26. The third-order valence-electron chi connectivity index (χ3n) is 7.00. The number of carbonyl (C=O) groups excluding carboxylic acids is 1. The van der Waals surface area contributed by atoms with Crippen molar-refractivity contribution in [2.45, 2.75) is 52.5 Å². The minimum atomic E-state index is 0. The summed E-state index contributed by atoms with van der Waals surface area (Å²) in [5.74, 6) is 2.92. The average molecular weight is 570 g/mol. The van der Waals surface area contributed by atoms with E-state index in [9.17, 15) is 4.79 Å². The zero-order valence-electron chi connectivity index (χ0n) is 21.1. The van der Waals surface area contributed by atoms with E-state index < -0.39 is 0 Å². The Kier molecular flexibility index (Phi) is 10.9. The second-order valence-corrected chi connectivity index (χ2v) is 10.6. The van der Waals surface area contributed by atoms with Gasteiger partial charge in [-0.3, -0.25) is 14.7 Å². The van der Waals surface area contributed by atoms with Crippen molar-refractivity contribution in [1.29, 1.82) is 0 Å². The molecule has 0 aliphatic carbocycles. The van der Waals surface area contributed by atoms with Crippen molar-refractivity contribution in [3.05, 3.63) is 35.9 Å². The Morgan fingerprint density at radius 1 is 1.09 bits per heavy atom. The van der Waals surface area contributed by atoms with E-state index in [-0.39, 0.29) is 35.4 Å². The number of amides is 1. The van der Waals surface area contributed by atoms with Crippen LogP contribution in [-0.4, -0.2) is 73.5 Å². The molecule has 3 rings (SSSR count). The minimum Gasteiger partial charge on any atom is -0.356 e. The van der Waals surface area contributed by atoms with E-state index in [1.165, 1.54) is 12.0 Å². The van der Waals surface area contributed by atoms with Crippen LogP contribution in [0.4, 0.5) is 0 Å². The molecular formula is C26H44IN5O. The molecule has 0 spiro atoms. The summed E-state index contributed by atoms with van der Waals surface area (Å²) < 4.78 is 0. The summed E-state index contributed by atoms with van der Waals surface area (Å²) in [7, 11) is 1.82. The van der Waals surface area contributed by atoms with Gasteiger partial charge in [-0.1, -0.05) is 44.2 Å². The van der Waals surface area contributed by atoms with E-state index in [2.05, 4.69) is 72.5 Å².